The molecule has 2 unspecified atom stereocenters. The van der Waals surface area contributed by atoms with Crippen LogP contribution >= 0.6 is 0 Å². The van der Waals surface area contributed by atoms with Crippen LogP contribution in [0, 0.1) is 0 Å². The van der Waals surface area contributed by atoms with E-state index in [4.69, 9.17) is 4.74 Å². The van der Waals surface area contributed by atoms with Gasteiger partial charge in [0, 0.05) is 12.6 Å². The molecule has 3 rings (SSSR count). The van der Waals surface area contributed by atoms with Gasteiger partial charge in [-0.05, 0) is 51.7 Å². The van der Waals surface area contributed by atoms with Gasteiger partial charge < -0.3 is 20.3 Å². The summed E-state index contributed by atoms with van der Waals surface area (Å²) in [5.41, 5.74) is 1.03. The Bertz CT molecular complexity index is 953. The summed E-state index contributed by atoms with van der Waals surface area (Å²) < 4.78 is 5.29. The van der Waals surface area contributed by atoms with Crippen LogP contribution in [0.15, 0.2) is 60.7 Å². The normalized spacial score (nSPS) is 15.2. The van der Waals surface area contributed by atoms with Crippen LogP contribution in [-0.2, 0) is 20.9 Å². The fourth-order valence-electron chi connectivity index (χ4n) is 3.60. The van der Waals surface area contributed by atoms with E-state index in [9.17, 15) is 14.4 Å². The molecule has 2 aromatic carbocycles. The largest absolute Gasteiger partial charge is 0.444 e. The lowest BCUT2D eigenvalue weighted by molar-refractivity contribution is -0.143. The van der Waals surface area contributed by atoms with Crippen molar-refractivity contribution in [3.8, 4) is 0 Å². The minimum Gasteiger partial charge on any atom is -0.444 e. The molecule has 0 heterocycles. The predicted molar refractivity (Wildman–Crippen MR) is 126 cm³/mol. The molecule has 3 amide bonds. The third kappa shape index (κ3) is 7.07. The Balaban J connectivity index is 1.81. The summed E-state index contributed by atoms with van der Waals surface area (Å²) in [6, 6.07) is 17.2. The van der Waals surface area contributed by atoms with Crippen LogP contribution in [0.1, 0.15) is 57.7 Å². The molecule has 1 aliphatic carbocycles. The van der Waals surface area contributed by atoms with Crippen LogP contribution in [0.5, 0.6) is 0 Å². The molecular formula is C26H33N3O4. The summed E-state index contributed by atoms with van der Waals surface area (Å²) in [4.78, 5) is 40.8. The van der Waals surface area contributed by atoms with Crippen LogP contribution in [0.4, 0.5) is 4.79 Å². The molecule has 0 spiro atoms. The Morgan fingerprint density at radius 3 is 2.12 bits per heavy atom. The minimum absolute atomic E-state index is 0.0481. The Kier molecular flexibility index (Phi) is 7.74. The Morgan fingerprint density at radius 1 is 1.00 bits per heavy atom. The van der Waals surface area contributed by atoms with Gasteiger partial charge in [-0.2, -0.15) is 0 Å². The van der Waals surface area contributed by atoms with E-state index in [0.717, 1.165) is 24.0 Å². The zero-order valence-corrected chi connectivity index (χ0v) is 19.7. The maximum Gasteiger partial charge on any atom is 0.408 e. The number of rotatable bonds is 8. The van der Waals surface area contributed by atoms with E-state index >= 15 is 0 Å². The van der Waals surface area contributed by atoms with Crippen LogP contribution in [0.3, 0.4) is 0 Å². The summed E-state index contributed by atoms with van der Waals surface area (Å²) in [5, 5.41) is 5.60. The van der Waals surface area contributed by atoms with Crippen molar-refractivity contribution in [2.75, 3.05) is 0 Å². The Morgan fingerprint density at radius 2 is 1.58 bits per heavy atom. The maximum atomic E-state index is 13.5. The van der Waals surface area contributed by atoms with Crippen molar-refractivity contribution < 1.29 is 19.1 Å². The second-order valence-electron chi connectivity index (χ2n) is 9.36. The summed E-state index contributed by atoms with van der Waals surface area (Å²) in [5.74, 6) is -0.568. The number of benzene rings is 2. The van der Waals surface area contributed by atoms with E-state index < -0.39 is 23.8 Å². The summed E-state index contributed by atoms with van der Waals surface area (Å²) in [6.45, 7) is 7.27. The second-order valence-corrected chi connectivity index (χ2v) is 9.36. The lowest BCUT2D eigenvalue weighted by Gasteiger charge is -2.33. The molecule has 176 valence electrons. The third-order valence-corrected chi connectivity index (χ3v) is 5.25. The quantitative estimate of drug-likeness (QED) is 0.636. The smallest absolute Gasteiger partial charge is 0.408 e. The molecule has 2 atom stereocenters. The van der Waals surface area contributed by atoms with Crippen molar-refractivity contribution in [3.05, 3.63) is 71.8 Å². The zero-order valence-electron chi connectivity index (χ0n) is 19.7. The van der Waals surface area contributed by atoms with Crippen molar-refractivity contribution in [1.82, 2.24) is 15.5 Å². The lowest BCUT2D eigenvalue weighted by atomic mass is 10.0. The van der Waals surface area contributed by atoms with E-state index in [1.807, 2.05) is 60.7 Å². The molecule has 0 aliphatic heterocycles. The highest BCUT2D eigenvalue weighted by Gasteiger charge is 2.43. The van der Waals surface area contributed by atoms with Gasteiger partial charge in [0.25, 0.3) is 0 Å². The number of nitrogens with one attached hydrogen (secondary N) is 2. The molecule has 1 fully saturated rings. The molecule has 0 saturated heterocycles. The van der Waals surface area contributed by atoms with Gasteiger partial charge in [-0.15, -0.1) is 0 Å². The molecule has 1 saturated carbocycles. The first-order valence-electron chi connectivity index (χ1n) is 11.3. The molecule has 0 bridgehead atoms. The standard InChI is InChI=1S/C26H33N3O4/c1-18(28-25(32)33-26(2,3)4)24(31)29(21-15-16-21)22(20-13-9-6-10-14-20)23(30)27-17-19-11-7-5-8-12-19/h5-14,18,21-22H,15-17H2,1-4H3,(H,27,30)(H,28,32). The van der Waals surface area contributed by atoms with Gasteiger partial charge in [0.15, 0.2) is 0 Å². The van der Waals surface area contributed by atoms with Crippen molar-refractivity contribution in [1.29, 1.82) is 0 Å². The van der Waals surface area contributed by atoms with Gasteiger partial charge >= 0.3 is 6.09 Å². The fraction of sp³-hybridized carbons (Fsp3) is 0.423. The number of alkyl carbamates (subject to hydrolysis) is 1. The van der Waals surface area contributed by atoms with Gasteiger partial charge in [0.1, 0.15) is 17.7 Å². The van der Waals surface area contributed by atoms with Crippen molar-refractivity contribution in [3.63, 3.8) is 0 Å². The number of carbonyl (C=O) groups excluding carboxylic acids is 3. The number of carbonyl (C=O) groups is 3. The van der Waals surface area contributed by atoms with E-state index in [1.165, 1.54) is 0 Å². The van der Waals surface area contributed by atoms with E-state index in [2.05, 4.69) is 10.6 Å². The molecule has 0 aromatic heterocycles. The van der Waals surface area contributed by atoms with Crippen molar-refractivity contribution in [2.45, 2.75) is 70.8 Å². The SMILES string of the molecule is CC(NC(=O)OC(C)(C)C)C(=O)N(C1CC1)C(C(=O)NCc1ccccc1)c1ccccc1. The van der Waals surface area contributed by atoms with Gasteiger partial charge in [-0.1, -0.05) is 60.7 Å². The Labute approximate surface area is 195 Å². The molecular weight excluding hydrogens is 418 g/mol. The average Bonchev–Trinajstić information content (AvgIpc) is 3.60. The summed E-state index contributed by atoms with van der Waals surface area (Å²) in [6.07, 6.45) is 0.976. The van der Waals surface area contributed by atoms with E-state index in [-0.39, 0.29) is 17.9 Å². The van der Waals surface area contributed by atoms with Crippen molar-refractivity contribution >= 4 is 17.9 Å². The molecule has 2 N–H and O–H groups in total. The monoisotopic (exact) mass is 451 g/mol. The van der Waals surface area contributed by atoms with Crippen LogP contribution in [0.25, 0.3) is 0 Å². The maximum absolute atomic E-state index is 13.5. The highest BCUT2D eigenvalue weighted by atomic mass is 16.6. The first kappa shape index (κ1) is 24.3. The zero-order chi connectivity index (χ0) is 24.0. The number of ether oxygens (including phenoxy) is 1. The minimum atomic E-state index is -0.839. The van der Waals surface area contributed by atoms with Gasteiger partial charge in [0.05, 0.1) is 0 Å². The topological polar surface area (TPSA) is 87.7 Å². The van der Waals surface area contributed by atoms with E-state index in [1.54, 1.807) is 32.6 Å². The van der Waals surface area contributed by atoms with Crippen molar-refractivity contribution in [2.24, 2.45) is 0 Å². The van der Waals surface area contributed by atoms with Crippen LogP contribution in [-0.4, -0.2) is 40.5 Å². The average molecular weight is 452 g/mol. The lowest BCUT2D eigenvalue weighted by Crippen LogP contribution is -2.52. The fourth-order valence-corrected chi connectivity index (χ4v) is 3.60. The number of nitrogens with zero attached hydrogens (tertiary/aromatic N) is 1. The summed E-state index contributed by atoms with van der Waals surface area (Å²) >= 11 is 0. The Hall–Kier alpha value is -3.35. The molecule has 2 aromatic rings. The first-order valence-corrected chi connectivity index (χ1v) is 11.3. The van der Waals surface area contributed by atoms with Gasteiger partial charge in [-0.3, -0.25) is 9.59 Å². The van der Waals surface area contributed by atoms with Gasteiger partial charge in [-0.25, -0.2) is 4.79 Å². The van der Waals surface area contributed by atoms with Crippen LogP contribution < -0.4 is 10.6 Å². The number of hydrogen-bond donors (Lipinski definition) is 2. The molecule has 7 heteroatoms. The first-order chi connectivity index (χ1) is 15.7. The number of hydrogen-bond acceptors (Lipinski definition) is 4. The third-order valence-electron chi connectivity index (χ3n) is 5.25. The predicted octanol–water partition coefficient (Wildman–Crippen LogP) is 3.95. The van der Waals surface area contributed by atoms with Gasteiger partial charge in [0.2, 0.25) is 11.8 Å². The number of amides is 3. The molecule has 0 radical (unpaired) electrons. The second kappa shape index (κ2) is 10.5. The van der Waals surface area contributed by atoms with E-state index in [0.29, 0.717) is 6.54 Å². The highest BCUT2D eigenvalue weighted by molar-refractivity contribution is 5.92. The molecule has 33 heavy (non-hydrogen) atoms. The molecule has 1 aliphatic rings. The highest BCUT2D eigenvalue weighted by Crippen LogP contribution is 2.35. The molecule has 7 nitrogen and oxygen atoms in total. The summed E-state index contributed by atoms with van der Waals surface area (Å²) in [7, 11) is 0. The van der Waals surface area contributed by atoms with Crippen LogP contribution in [0.2, 0.25) is 0 Å².